The van der Waals surface area contributed by atoms with Crippen molar-refractivity contribution in [1.82, 2.24) is 0 Å². The minimum atomic E-state index is -0.948. The van der Waals surface area contributed by atoms with Gasteiger partial charge in [-0.3, -0.25) is 4.79 Å². The van der Waals surface area contributed by atoms with Gasteiger partial charge >= 0.3 is 5.97 Å². The van der Waals surface area contributed by atoms with Gasteiger partial charge in [-0.25, -0.2) is 4.79 Å². The SMILES string of the molecule is Cc1cccc(C2CC(=O)C=CN2c2ccc(C(=O)O)cc2)c1. The van der Waals surface area contributed by atoms with Crippen molar-refractivity contribution in [3.8, 4) is 0 Å². The summed E-state index contributed by atoms with van der Waals surface area (Å²) in [4.78, 5) is 24.9. The summed E-state index contributed by atoms with van der Waals surface area (Å²) in [7, 11) is 0. The van der Waals surface area contributed by atoms with Crippen LogP contribution in [0.1, 0.15) is 33.9 Å². The van der Waals surface area contributed by atoms with Gasteiger partial charge in [0, 0.05) is 18.3 Å². The maximum absolute atomic E-state index is 11.9. The molecule has 2 aromatic carbocycles. The highest BCUT2D eigenvalue weighted by atomic mass is 16.4. The average Bonchev–Trinajstić information content (AvgIpc) is 2.55. The first-order chi connectivity index (χ1) is 11.0. The highest BCUT2D eigenvalue weighted by molar-refractivity contribution is 5.93. The smallest absolute Gasteiger partial charge is 0.335 e. The summed E-state index contributed by atoms with van der Waals surface area (Å²) in [5.41, 5.74) is 3.33. The van der Waals surface area contributed by atoms with Crippen LogP contribution in [0, 0.1) is 6.92 Å². The molecule has 0 saturated heterocycles. The van der Waals surface area contributed by atoms with E-state index < -0.39 is 5.97 Å². The topological polar surface area (TPSA) is 57.6 Å². The molecule has 1 aliphatic heterocycles. The minimum Gasteiger partial charge on any atom is -0.478 e. The lowest BCUT2D eigenvalue weighted by Crippen LogP contribution is -2.29. The number of nitrogens with zero attached hydrogens (tertiary/aromatic N) is 1. The van der Waals surface area contributed by atoms with E-state index in [-0.39, 0.29) is 17.4 Å². The third-order valence-electron chi connectivity index (χ3n) is 3.99. The molecule has 116 valence electrons. The van der Waals surface area contributed by atoms with E-state index in [4.69, 9.17) is 5.11 Å². The lowest BCUT2D eigenvalue weighted by molar-refractivity contribution is -0.115. The lowest BCUT2D eigenvalue weighted by Gasteiger charge is -2.33. The normalized spacial score (nSPS) is 17.3. The van der Waals surface area contributed by atoms with Crippen LogP contribution in [0.15, 0.2) is 60.8 Å². The summed E-state index contributed by atoms with van der Waals surface area (Å²) >= 11 is 0. The van der Waals surface area contributed by atoms with E-state index in [0.717, 1.165) is 16.8 Å². The monoisotopic (exact) mass is 307 g/mol. The summed E-state index contributed by atoms with van der Waals surface area (Å²) < 4.78 is 0. The Hall–Kier alpha value is -2.88. The molecule has 0 bridgehead atoms. The third kappa shape index (κ3) is 3.16. The number of rotatable bonds is 3. The first kappa shape index (κ1) is 15.0. The van der Waals surface area contributed by atoms with Crippen molar-refractivity contribution in [2.45, 2.75) is 19.4 Å². The maximum atomic E-state index is 11.9. The van der Waals surface area contributed by atoms with Crippen molar-refractivity contribution >= 4 is 17.4 Å². The van der Waals surface area contributed by atoms with Crippen LogP contribution in [-0.4, -0.2) is 16.9 Å². The number of carbonyl (C=O) groups excluding carboxylic acids is 1. The number of allylic oxidation sites excluding steroid dienone is 1. The number of carboxylic acid groups (broad SMARTS) is 1. The summed E-state index contributed by atoms with van der Waals surface area (Å²) in [6.45, 7) is 2.02. The fraction of sp³-hybridized carbons (Fsp3) is 0.158. The second kappa shape index (κ2) is 6.08. The van der Waals surface area contributed by atoms with Crippen molar-refractivity contribution in [2.75, 3.05) is 4.90 Å². The molecule has 1 unspecified atom stereocenters. The predicted molar refractivity (Wildman–Crippen MR) is 88.6 cm³/mol. The number of benzene rings is 2. The molecule has 0 aliphatic carbocycles. The Bertz CT molecular complexity index is 777. The van der Waals surface area contributed by atoms with Gasteiger partial charge in [-0.2, -0.15) is 0 Å². The molecular formula is C19H17NO3. The molecule has 0 fully saturated rings. The maximum Gasteiger partial charge on any atom is 0.335 e. The zero-order valence-electron chi connectivity index (χ0n) is 12.8. The number of anilines is 1. The van der Waals surface area contributed by atoms with E-state index in [2.05, 4.69) is 6.07 Å². The van der Waals surface area contributed by atoms with E-state index in [1.807, 2.05) is 30.0 Å². The lowest BCUT2D eigenvalue weighted by atomic mass is 9.95. The van der Waals surface area contributed by atoms with Crippen molar-refractivity contribution < 1.29 is 14.7 Å². The van der Waals surface area contributed by atoms with Gasteiger partial charge in [0.2, 0.25) is 0 Å². The highest BCUT2D eigenvalue weighted by Gasteiger charge is 2.25. The molecule has 0 amide bonds. The first-order valence-corrected chi connectivity index (χ1v) is 7.44. The second-order valence-corrected chi connectivity index (χ2v) is 5.68. The van der Waals surface area contributed by atoms with E-state index in [1.54, 1.807) is 36.5 Å². The van der Waals surface area contributed by atoms with E-state index in [1.165, 1.54) is 0 Å². The van der Waals surface area contributed by atoms with Crippen molar-refractivity contribution in [3.05, 3.63) is 77.5 Å². The van der Waals surface area contributed by atoms with Crippen LogP contribution < -0.4 is 4.90 Å². The third-order valence-corrected chi connectivity index (χ3v) is 3.99. The molecule has 4 nitrogen and oxygen atoms in total. The molecule has 2 aromatic rings. The number of aromatic carboxylic acids is 1. The molecule has 23 heavy (non-hydrogen) atoms. The van der Waals surface area contributed by atoms with E-state index in [9.17, 15) is 9.59 Å². The standard InChI is InChI=1S/C19H17NO3/c1-13-3-2-4-15(11-13)18-12-17(21)9-10-20(18)16-7-5-14(6-8-16)19(22)23/h2-11,18H,12H2,1H3,(H,22,23). The number of aryl methyl sites for hydroxylation is 1. The van der Waals surface area contributed by atoms with Gasteiger partial charge in [0.25, 0.3) is 0 Å². The highest BCUT2D eigenvalue weighted by Crippen LogP contribution is 2.33. The first-order valence-electron chi connectivity index (χ1n) is 7.44. The molecule has 1 atom stereocenters. The summed E-state index contributed by atoms with van der Waals surface area (Å²) in [6, 6.07) is 14.7. The number of ketones is 1. The molecule has 1 heterocycles. The Kier molecular flexibility index (Phi) is 3.98. The van der Waals surface area contributed by atoms with Gasteiger partial charge in [-0.05, 0) is 42.8 Å². The number of carbonyl (C=O) groups is 2. The second-order valence-electron chi connectivity index (χ2n) is 5.68. The van der Waals surface area contributed by atoms with Crippen LogP contribution in [0.2, 0.25) is 0 Å². The van der Waals surface area contributed by atoms with Crippen molar-refractivity contribution in [1.29, 1.82) is 0 Å². The molecule has 1 aliphatic rings. The summed E-state index contributed by atoms with van der Waals surface area (Å²) in [5.74, 6) is -0.855. The summed E-state index contributed by atoms with van der Waals surface area (Å²) in [6.07, 6.45) is 3.74. The minimum absolute atomic E-state index is 0.0805. The predicted octanol–water partition coefficient (Wildman–Crippen LogP) is 3.73. The van der Waals surface area contributed by atoms with Crippen LogP contribution >= 0.6 is 0 Å². The molecular weight excluding hydrogens is 290 g/mol. The molecule has 3 rings (SSSR count). The van der Waals surface area contributed by atoms with Crippen LogP contribution in [0.4, 0.5) is 5.69 Å². The molecule has 0 spiro atoms. The van der Waals surface area contributed by atoms with Gasteiger partial charge < -0.3 is 10.0 Å². The Balaban J connectivity index is 1.98. The molecule has 0 radical (unpaired) electrons. The number of carboxylic acids is 1. The van der Waals surface area contributed by atoms with Crippen LogP contribution in [0.25, 0.3) is 0 Å². The van der Waals surface area contributed by atoms with Crippen LogP contribution in [0.3, 0.4) is 0 Å². The number of hydrogen-bond acceptors (Lipinski definition) is 3. The average molecular weight is 307 g/mol. The van der Waals surface area contributed by atoms with Gasteiger partial charge in [-0.15, -0.1) is 0 Å². The van der Waals surface area contributed by atoms with E-state index >= 15 is 0 Å². The van der Waals surface area contributed by atoms with E-state index in [0.29, 0.717) is 6.42 Å². The van der Waals surface area contributed by atoms with Crippen molar-refractivity contribution in [2.24, 2.45) is 0 Å². The van der Waals surface area contributed by atoms with Gasteiger partial charge in [-0.1, -0.05) is 29.8 Å². The Morgan fingerprint density at radius 1 is 1.17 bits per heavy atom. The molecule has 0 saturated carbocycles. The fourth-order valence-corrected chi connectivity index (χ4v) is 2.82. The van der Waals surface area contributed by atoms with Gasteiger partial charge in [0.15, 0.2) is 5.78 Å². The summed E-state index contributed by atoms with van der Waals surface area (Å²) in [5, 5.41) is 9.01. The van der Waals surface area contributed by atoms with Gasteiger partial charge in [0.1, 0.15) is 0 Å². The quantitative estimate of drug-likeness (QED) is 0.938. The molecule has 4 heteroatoms. The number of hydrogen-bond donors (Lipinski definition) is 1. The zero-order valence-corrected chi connectivity index (χ0v) is 12.8. The fourth-order valence-electron chi connectivity index (χ4n) is 2.82. The Morgan fingerprint density at radius 3 is 2.57 bits per heavy atom. The van der Waals surface area contributed by atoms with Gasteiger partial charge in [0.05, 0.1) is 11.6 Å². The Morgan fingerprint density at radius 2 is 1.91 bits per heavy atom. The Labute approximate surface area is 134 Å². The van der Waals surface area contributed by atoms with Crippen LogP contribution in [0.5, 0.6) is 0 Å². The van der Waals surface area contributed by atoms with Crippen molar-refractivity contribution in [3.63, 3.8) is 0 Å². The largest absolute Gasteiger partial charge is 0.478 e. The molecule has 1 N–H and O–H groups in total. The van der Waals surface area contributed by atoms with Crippen LogP contribution in [-0.2, 0) is 4.79 Å². The zero-order chi connectivity index (χ0) is 16.4. The molecule has 0 aromatic heterocycles.